The van der Waals surface area contributed by atoms with Crippen molar-refractivity contribution in [1.29, 1.82) is 0 Å². The summed E-state index contributed by atoms with van der Waals surface area (Å²) in [5, 5.41) is 3.48. The highest BCUT2D eigenvalue weighted by Crippen LogP contribution is 2.16. The van der Waals surface area contributed by atoms with Gasteiger partial charge in [0.15, 0.2) is 0 Å². The molecule has 3 heteroatoms. The molecule has 0 aliphatic heterocycles. The summed E-state index contributed by atoms with van der Waals surface area (Å²) >= 11 is 5.81. The predicted molar refractivity (Wildman–Crippen MR) is 53.7 cm³/mol. The second kappa shape index (κ2) is 4.28. The minimum absolute atomic E-state index is 0.0104. The van der Waals surface area contributed by atoms with Gasteiger partial charge in [0.2, 0.25) is 5.91 Å². The average Bonchev–Trinajstić information content (AvgIpc) is 2.03. The molecule has 0 bridgehead atoms. The van der Waals surface area contributed by atoms with Crippen LogP contribution in [-0.4, -0.2) is 5.91 Å². The number of benzene rings is 1. The first-order valence-corrected chi connectivity index (χ1v) is 4.50. The van der Waals surface area contributed by atoms with Crippen molar-refractivity contribution in [3.05, 3.63) is 34.9 Å². The van der Waals surface area contributed by atoms with Crippen molar-refractivity contribution in [3.63, 3.8) is 0 Å². The highest BCUT2D eigenvalue weighted by Gasteiger charge is 2.05. The zero-order valence-corrected chi connectivity index (χ0v) is 8.43. The summed E-state index contributed by atoms with van der Waals surface area (Å²) in [6.45, 7) is 3.42. The molecule has 1 N–H and O–H groups in total. The molecule has 2 nitrogen and oxygen atoms in total. The van der Waals surface area contributed by atoms with E-state index in [0.29, 0.717) is 5.02 Å². The molecule has 0 aromatic heterocycles. The van der Waals surface area contributed by atoms with Crippen LogP contribution in [0.4, 0.5) is 0 Å². The van der Waals surface area contributed by atoms with Gasteiger partial charge in [-0.25, -0.2) is 0 Å². The highest BCUT2D eigenvalue weighted by molar-refractivity contribution is 6.30. The first-order valence-electron chi connectivity index (χ1n) is 4.12. The number of nitrogens with one attached hydrogen (secondary N) is 1. The topological polar surface area (TPSA) is 29.1 Å². The van der Waals surface area contributed by atoms with E-state index in [1.165, 1.54) is 6.92 Å². The quantitative estimate of drug-likeness (QED) is 0.776. The Morgan fingerprint density at radius 2 is 2.23 bits per heavy atom. The smallest absolute Gasteiger partial charge is 0.217 e. The van der Waals surface area contributed by atoms with Crippen LogP contribution in [-0.2, 0) is 4.79 Å². The van der Waals surface area contributed by atoms with E-state index < -0.39 is 0 Å². The maximum atomic E-state index is 10.8. The Balaban J connectivity index is 2.76. The third kappa shape index (κ3) is 3.07. The largest absolute Gasteiger partial charge is 0.350 e. The van der Waals surface area contributed by atoms with Crippen molar-refractivity contribution in [1.82, 2.24) is 5.32 Å². The Hall–Kier alpha value is -1.02. The predicted octanol–water partition coefficient (Wildman–Crippen LogP) is 2.54. The highest BCUT2D eigenvalue weighted by atomic mass is 35.5. The van der Waals surface area contributed by atoms with Gasteiger partial charge in [-0.15, -0.1) is 0 Å². The molecule has 0 spiro atoms. The summed E-state index contributed by atoms with van der Waals surface area (Å²) in [6.07, 6.45) is 0. The molecule has 0 fully saturated rings. The number of carbonyl (C=O) groups excluding carboxylic acids is 1. The number of hydrogen-bond acceptors (Lipinski definition) is 1. The van der Waals surface area contributed by atoms with Gasteiger partial charge in [-0.05, 0) is 24.6 Å². The Morgan fingerprint density at radius 1 is 1.54 bits per heavy atom. The standard InChI is InChI=1S/C10H12ClNO/c1-7(12-8(2)13)9-4-3-5-10(11)6-9/h3-7H,1-2H3,(H,12,13)/t7-/m1/s1. The van der Waals surface area contributed by atoms with E-state index in [2.05, 4.69) is 5.32 Å². The number of carbonyl (C=O) groups is 1. The van der Waals surface area contributed by atoms with Gasteiger partial charge in [-0.2, -0.15) is 0 Å². The van der Waals surface area contributed by atoms with Crippen LogP contribution in [0.25, 0.3) is 0 Å². The number of amides is 1. The monoisotopic (exact) mass is 197 g/mol. The molecule has 0 radical (unpaired) electrons. The first-order chi connectivity index (χ1) is 6.09. The Bertz CT molecular complexity index is 312. The summed E-state index contributed by atoms with van der Waals surface area (Å²) in [5.41, 5.74) is 1.02. The minimum Gasteiger partial charge on any atom is -0.350 e. The third-order valence-electron chi connectivity index (χ3n) is 1.77. The zero-order chi connectivity index (χ0) is 9.84. The van der Waals surface area contributed by atoms with Crippen LogP contribution >= 0.6 is 11.6 Å². The Kier molecular flexibility index (Phi) is 3.32. The van der Waals surface area contributed by atoms with Gasteiger partial charge in [-0.1, -0.05) is 23.7 Å². The maximum Gasteiger partial charge on any atom is 0.217 e. The van der Waals surface area contributed by atoms with E-state index in [1.54, 1.807) is 0 Å². The molecule has 1 aromatic carbocycles. The van der Waals surface area contributed by atoms with Crippen LogP contribution in [0.3, 0.4) is 0 Å². The molecule has 1 amide bonds. The molecule has 0 saturated carbocycles. The van der Waals surface area contributed by atoms with Crippen LogP contribution in [0.15, 0.2) is 24.3 Å². The van der Waals surface area contributed by atoms with E-state index in [4.69, 9.17) is 11.6 Å². The van der Waals surface area contributed by atoms with Gasteiger partial charge in [0.05, 0.1) is 6.04 Å². The molecule has 1 rings (SSSR count). The maximum absolute atomic E-state index is 10.8. The molecule has 1 aromatic rings. The van der Waals surface area contributed by atoms with E-state index in [9.17, 15) is 4.79 Å². The molecule has 13 heavy (non-hydrogen) atoms. The van der Waals surface area contributed by atoms with Crippen molar-refractivity contribution < 1.29 is 4.79 Å². The summed E-state index contributed by atoms with van der Waals surface area (Å²) < 4.78 is 0. The number of rotatable bonds is 2. The van der Waals surface area contributed by atoms with Crippen molar-refractivity contribution in [2.24, 2.45) is 0 Å². The van der Waals surface area contributed by atoms with Gasteiger partial charge in [0, 0.05) is 11.9 Å². The van der Waals surface area contributed by atoms with Crippen LogP contribution in [0.2, 0.25) is 5.02 Å². The van der Waals surface area contributed by atoms with Crippen molar-refractivity contribution in [3.8, 4) is 0 Å². The lowest BCUT2D eigenvalue weighted by Gasteiger charge is -2.12. The van der Waals surface area contributed by atoms with E-state index in [0.717, 1.165) is 5.56 Å². The molecule has 0 heterocycles. The summed E-state index contributed by atoms with van der Waals surface area (Å²) in [7, 11) is 0. The second-order valence-electron chi connectivity index (χ2n) is 2.98. The lowest BCUT2D eigenvalue weighted by molar-refractivity contribution is -0.119. The van der Waals surface area contributed by atoms with Gasteiger partial charge >= 0.3 is 0 Å². The molecule has 0 unspecified atom stereocenters. The van der Waals surface area contributed by atoms with Crippen LogP contribution < -0.4 is 5.32 Å². The number of halogens is 1. The molecular formula is C10H12ClNO. The molecular weight excluding hydrogens is 186 g/mol. The van der Waals surface area contributed by atoms with E-state index >= 15 is 0 Å². The SMILES string of the molecule is CC(=O)N[C@H](C)c1cccc(Cl)c1. The molecule has 1 atom stereocenters. The number of hydrogen-bond donors (Lipinski definition) is 1. The fourth-order valence-corrected chi connectivity index (χ4v) is 1.36. The molecule has 0 aliphatic carbocycles. The van der Waals surface area contributed by atoms with Gasteiger partial charge in [-0.3, -0.25) is 4.79 Å². The minimum atomic E-state index is -0.0347. The first kappa shape index (κ1) is 10.1. The Morgan fingerprint density at radius 3 is 2.77 bits per heavy atom. The van der Waals surface area contributed by atoms with Crippen molar-refractivity contribution in [2.45, 2.75) is 19.9 Å². The van der Waals surface area contributed by atoms with Gasteiger partial charge in [0.1, 0.15) is 0 Å². The van der Waals surface area contributed by atoms with Crippen LogP contribution in [0.1, 0.15) is 25.5 Å². The fraction of sp³-hybridized carbons (Fsp3) is 0.300. The summed E-state index contributed by atoms with van der Waals surface area (Å²) in [6, 6.07) is 7.48. The van der Waals surface area contributed by atoms with Gasteiger partial charge < -0.3 is 5.32 Å². The zero-order valence-electron chi connectivity index (χ0n) is 7.67. The van der Waals surface area contributed by atoms with E-state index in [1.807, 2.05) is 31.2 Å². The average molecular weight is 198 g/mol. The lowest BCUT2D eigenvalue weighted by atomic mass is 10.1. The summed E-state index contributed by atoms with van der Waals surface area (Å²) in [4.78, 5) is 10.8. The third-order valence-corrected chi connectivity index (χ3v) is 2.00. The Labute approximate surface area is 82.9 Å². The normalized spacial score (nSPS) is 12.2. The fourth-order valence-electron chi connectivity index (χ4n) is 1.16. The van der Waals surface area contributed by atoms with Crippen LogP contribution in [0, 0.1) is 0 Å². The van der Waals surface area contributed by atoms with Gasteiger partial charge in [0.25, 0.3) is 0 Å². The second-order valence-corrected chi connectivity index (χ2v) is 3.41. The van der Waals surface area contributed by atoms with Crippen LogP contribution in [0.5, 0.6) is 0 Å². The molecule has 70 valence electrons. The van der Waals surface area contributed by atoms with E-state index in [-0.39, 0.29) is 11.9 Å². The molecule has 0 aliphatic rings. The van der Waals surface area contributed by atoms with Crippen molar-refractivity contribution >= 4 is 17.5 Å². The lowest BCUT2D eigenvalue weighted by Crippen LogP contribution is -2.23. The summed E-state index contributed by atoms with van der Waals surface area (Å²) in [5.74, 6) is -0.0347. The molecule has 0 saturated heterocycles. The van der Waals surface area contributed by atoms with Crippen molar-refractivity contribution in [2.75, 3.05) is 0 Å².